The first-order valence-corrected chi connectivity index (χ1v) is 6.83. The van der Waals surface area contributed by atoms with Crippen molar-refractivity contribution in [2.24, 2.45) is 0 Å². The number of halogens is 1. The number of benzene rings is 1. The van der Waals surface area contributed by atoms with E-state index < -0.39 is 0 Å². The molecular weight excluding hydrogens is 296 g/mol. The Labute approximate surface area is 115 Å². The van der Waals surface area contributed by atoms with Crippen molar-refractivity contribution in [2.45, 2.75) is 31.3 Å². The van der Waals surface area contributed by atoms with Gasteiger partial charge in [0.05, 0.1) is 12.6 Å². The lowest BCUT2D eigenvalue weighted by Crippen LogP contribution is -2.43. The molecule has 2 rings (SSSR count). The fraction of sp³-hybridized carbons (Fsp3) is 0.462. The van der Waals surface area contributed by atoms with E-state index in [4.69, 9.17) is 5.11 Å². The summed E-state index contributed by atoms with van der Waals surface area (Å²) >= 11 is 3.40. The van der Waals surface area contributed by atoms with Gasteiger partial charge in [-0.15, -0.1) is 0 Å². The van der Waals surface area contributed by atoms with E-state index in [1.165, 1.54) is 5.56 Å². The van der Waals surface area contributed by atoms with Gasteiger partial charge in [-0.05, 0) is 31.0 Å². The summed E-state index contributed by atoms with van der Waals surface area (Å²) in [4.78, 5) is 11.6. The minimum Gasteiger partial charge on any atom is -0.394 e. The van der Waals surface area contributed by atoms with Crippen LogP contribution >= 0.6 is 15.9 Å². The van der Waals surface area contributed by atoms with Crippen LogP contribution in [0.15, 0.2) is 28.7 Å². The highest BCUT2D eigenvalue weighted by molar-refractivity contribution is 9.10. The third kappa shape index (κ3) is 3.46. The normalized spacial score (nSPS) is 23.3. The Hall–Kier alpha value is -1.07. The van der Waals surface area contributed by atoms with Gasteiger partial charge in [-0.25, -0.2) is 4.79 Å². The summed E-state index contributed by atoms with van der Waals surface area (Å²) in [5.74, 6) is 0.410. The number of carbonyl (C=O) groups is 1. The SMILES string of the molecule is C[C@@H](CO)NC(=O)NC1CC1c1ccc(Br)cc1. The molecule has 3 N–H and O–H groups in total. The predicted octanol–water partition coefficient (Wildman–Crippen LogP) is 1.98. The van der Waals surface area contributed by atoms with Crippen molar-refractivity contribution < 1.29 is 9.90 Å². The smallest absolute Gasteiger partial charge is 0.315 e. The Kier molecular flexibility index (Phi) is 4.24. The van der Waals surface area contributed by atoms with E-state index in [0.717, 1.165) is 10.9 Å². The molecule has 0 spiro atoms. The lowest BCUT2D eigenvalue weighted by Gasteiger charge is -2.11. The lowest BCUT2D eigenvalue weighted by atomic mass is 10.1. The molecule has 0 aliphatic heterocycles. The summed E-state index contributed by atoms with van der Waals surface area (Å²) in [6.07, 6.45) is 0.975. The Morgan fingerprint density at radius 3 is 2.78 bits per heavy atom. The van der Waals surface area contributed by atoms with Gasteiger partial charge in [0, 0.05) is 16.4 Å². The summed E-state index contributed by atoms with van der Waals surface area (Å²) in [6, 6.07) is 7.96. The molecule has 5 heteroatoms. The molecule has 4 nitrogen and oxygen atoms in total. The number of hydrogen-bond donors (Lipinski definition) is 3. The molecule has 1 fully saturated rings. The number of urea groups is 1. The van der Waals surface area contributed by atoms with Crippen molar-refractivity contribution in [1.82, 2.24) is 10.6 Å². The van der Waals surface area contributed by atoms with Crippen molar-refractivity contribution in [3.63, 3.8) is 0 Å². The summed E-state index contributed by atoms with van der Waals surface area (Å²) < 4.78 is 1.06. The van der Waals surface area contributed by atoms with Gasteiger partial charge in [-0.3, -0.25) is 0 Å². The second-order valence-corrected chi connectivity index (χ2v) is 5.62. The number of amides is 2. The summed E-state index contributed by atoms with van der Waals surface area (Å²) in [5.41, 5.74) is 1.25. The highest BCUT2D eigenvalue weighted by atomic mass is 79.9. The highest BCUT2D eigenvalue weighted by Gasteiger charge is 2.39. The first-order chi connectivity index (χ1) is 8.60. The molecule has 3 atom stereocenters. The molecule has 1 aromatic carbocycles. The van der Waals surface area contributed by atoms with Gasteiger partial charge in [0.2, 0.25) is 0 Å². The summed E-state index contributed by atoms with van der Waals surface area (Å²) in [5, 5.41) is 14.4. The minimum absolute atomic E-state index is 0.0474. The zero-order valence-electron chi connectivity index (χ0n) is 10.2. The fourth-order valence-corrected chi connectivity index (χ4v) is 2.18. The molecule has 0 bridgehead atoms. The van der Waals surface area contributed by atoms with Crippen molar-refractivity contribution >= 4 is 22.0 Å². The third-order valence-corrected chi connectivity index (χ3v) is 3.59. The third-order valence-electron chi connectivity index (χ3n) is 3.06. The quantitative estimate of drug-likeness (QED) is 0.796. The van der Waals surface area contributed by atoms with Gasteiger partial charge in [-0.2, -0.15) is 0 Å². The zero-order valence-corrected chi connectivity index (χ0v) is 11.8. The molecule has 1 aromatic rings. The fourth-order valence-electron chi connectivity index (χ4n) is 1.91. The van der Waals surface area contributed by atoms with Crippen molar-refractivity contribution in [2.75, 3.05) is 6.61 Å². The molecule has 98 valence electrons. The van der Waals surface area contributed by atoms with Crippen LogP contribution in [0.25, 0.3) is 0 Å². The molecule has 2 amide bonds. The van der Waals surface area contributed by atoms with E-state index >= 15 is 0 Å². The van der Waals surface area contributed by atoms with Crippen molar-refractivity contribution in [1.29, 1.82) is 0 Å². The summed E-state index contributed by atoms with van der Waals surface area (Å²) in [7, 11) is 0. The average molecular weight is 313 g/mol. The second-order valence-electron chi connectivity index (χ2n) is 4.70. The van der Waals surface area contributed by atoms with E-state index in [-0.39, 0.29) is 24.7 Å². The van der Waals surface area contributed by atoms with Gasteiger partial charge in [0.1, 0.15) is 0 Å². The lowest BCUT2D eigenvalue weighted by molar-refractivity contribution is 0.220. The molecule has 0 aromatic heterocycles. The van der Waals surface area contributed by atoms with E-state index in [2.05, 4.69) is 38.7 Å². The van der Waals surface area contributed by atoms with Crippen LogP contribution < -0.4 is 10.6 Å². The Morgan fingerprint density at radius 2 is 2.17 bits per heavy atom. The largest absolute Gasteiger partial charge is 0.394 e. The van der Waals surface area contributed by atoms with Crippen molar-refractivity contribution in [3.8, 4) is 0 Å². The maximum Gasteiger partial charge on any atom is 0.315 e. The molecule has 1 aliphatic rings. The van der Waals surface area contributed by atoms with E-state index in [1.807, 2.05) is 12.1 Å². The van der Waals surface area contributed by atoms with Crippen LogP contribution in [-0.4, -0.2) is 29.8 Å². The van der Waals surface area contributed by atoms with Gasteiger partial charge in [0.15, 0.2) is 0 Å². The number of carbonyl (C=O) groups excluding carboxylic acids is 1. The van der Waals surface area contributed by atoms with Gasteiger partial charge < -0.3 is 15.7 Å². The Morgan fingerprint density at radius 1 is 1.50 bits per heavy atom. The van der Waals surface area contributed by atoms with E-state index in [1.54, 1.807) is 6.92 Å². The maximum atomic E-state index is 11.6. The molecule has 2 unspecified atom stereocenters. The first-order valence-electron chi connectivity index (χ1n) is 6.03. The standard InChI is InChI=1S/C13H17BrN2O2/c1-8(7-17)15-13(18)16-12-6-11(12)9-2-4-10(14)5-3-9/h2-5,8,11-12,17H,6-7H2,1H3,(H2,15,16,18)/t8-,11?,12?/m0/s1. The van der Waals surface area contributed by atoms with Crippen LogP contribution in [0.4, 0.5) is 4.79 Å². The molecule has 0 radical (unpaired) electrons. The van der Waals surface area contributed by atoms with Crippen LogP contribution in [-0.2, 0) is 0 Å². The zero-order chi connectivity index (χ0) is 13.1. The van der Waals surface area contributed by atoms with Crippen LogP contribution in [0.1, 0.15) is 24.8 Å². The topological polar surface area (TPSA) is 61.4 Å². The predicted molar refractivity (Wildman–Crippen MR) is 73.5 cm³/mol. The second kappa shape index (κ2) is 5.71. The molecule has 18 heavy (non-hydrogen) atoms. The van der Waals surface area contributed by atoms with Gasteiger partial charge in [-0.1, -0.05) is 28.1 Å². The average Bonchev–Trinajstić information content (AvgIpc) is 3.08. The minimum atomic E-state index is -0.213. The number of aliphatic hydroxyl groups is 1. The van der Waals surface area contributed by atoms with Gasteiger partial charge >= 0.3 is 6.03 Å². The van der Waals surface area contributed by atoms with Crippen molar-refractivity contribution in [3.05, 3.63) is 34.3 Å². The van der Waals surface area contributed by atoms with Crippen LogP contribution in [0.2, 0.25) is 0 Å². The molecule has 0 heterocycles. The van der Waals surface area contributed by atoms with E-state index in [9.17, 15) is 4.79 Å². The first kappa shape index (κ1) is 13.4. The number of nitrogens with one attached hydrogen (secondary N) is 2. The molecule has 0 saturated heterocycles. The molecular formula is C13H17BrN2O2. The molecule has 1 saturated carbocycles. The Balaban J connectivity index is 1.81. The number of rotatable bonds is 4. The van der Waals surface area contributed by atoms with E-state index in [0.29, 0.717) is 5.92 Å². The van der Waals surface area contributed by atoms with Crippen LogP contribution in [0, 0.1) is 0 Å². The number of aliphatic hydroxyl groups excluding tert-OH is 1. The maximum absolute atomic E-state index is 11.6. The van der Waals surface area contributed by atoms with Crippen LogP contribution in [0.3, 0.4) is 0 Å². The van der Waals surface area contributed by atoms with Gasteiger partial charge in [0.25, 0.3) is 0 Å². The number of hydrogen-bond acceptors (Lipinski definition) is 2. The summed E-state index contributed by atoms with van der Waals surface area (Å²) in [6.45, 7) is 1.72. The highest BCUT2D eigenvalue weighted by Crippen LogP contribution is 2.40. The molecule has 1 aliphatic carbocycles. The van der Waals surface area contributed by atoms with Crippen LogP contribution in [0.5, 0.6) is 0 Å². The monoisotopic (exact) mass is 312 g/mol. The Bertz CT molecular complexity index is 422.